The second-order valence-corrected chi connectivity index (χ2v) is 10.1. The number of aromatic hydroxyl groups is 1. The molecule has 5 rings (SSSR count). The Labute approximate surface area is 235 Å². The average molecular weight is 557 g/mol. The summed E-state index contributed by atoms with van der Waals surface area (Å²) in [5.41, 5.74) is 2.20. The van der Waals surface area contributed by atoms with Crippen LogP contribution in [0.25, 0.3) is 10.6 Å². The number of benzene rings is 3. The van der Waals surface area contributed by atoms with Crippen molar-refractivity contribution in [2.75, 3.05) is 18.1 Å². The van der Waals surface area contributed by atoms with E-state index in [9.17, 15) is 19.8 Å². The smallest absolute Gasteiger partial charge is 0.294 e. The molecule has 9 heteroatoms. The highest BCUT2D eigenvalue weighted by Gasteiger charge is 2.45. The Morgan fingerprint density at radius 3 is 2.45 bits per heavy atom. The molecule has 2 heterocycles. The number of aryl methyl sites for hydroxylation is 1. The van der Waals surface area contributed by atoms with Gasteiger partial charge in [-0.15, -0.1) is 11.3 Å². The highest BCUT2D eigenvalue weighted by molar-refractivity contribution is 7.17. The minimum Gasteiger partial charge on any atom is -0.504 e. The van der Waals surface area contributed by atoms with Crippen molar-refractivity contribution in [1.82, 2.24) is 4.98 Å². The van der Waals surface area contributed by atoms with Crippen molar-refractivity contribution in [1.29, 1.82) is 0 Å². The van der Waals surface area contributed by atoms with E-state index in [1.54, 1.807) is 50.2 Å². The molecule has 1 atom stereocenters. The highest BCUT2D eigenvalue weighted by atomic mass is 32.1. The van der Waals surface area contributed by atoms with E-state index in [1.165, 1.54) is 22.3 Å². The van der Waals surface area contributed by atoms with E-state index in [1.807, 2.05) is 37.3 Å². The highest BCUT2D eigenvalue weighted by Crippen LogP contribution is 2.45. The lowest BCUT2D eigenvalue weighted by Gasteiger charge is -2.27. The summed E-state index contributed by atoms with van der Waals surface area (Å²) in [4.78, 5) is 34.1. The van der Waals surface area contributed by atoms with Crippen molar-refractivity contribution >= 4 is 28.7 Å². The maximum atomic E-state index is 14.1. The fourth-order valence-corrected chi connectivity index (χ4v) is 5.74. The number of aliphatic hydroxyl groups is 1. The molecule has 0 saturated carbocycles. The summed E-state index contributed by atoms with van der Waals surface area (Å²) in [5, 5.41) is 22.2. The van der Waals surface area contributed by atoms with Gasteiger partial charge in [0.25, 0.3) is 5.91 Å². The standard InChI is InChI=1S/C31H28N2O6S/c1-4-38-22-13-9-12-21(17-22)33-26(20-14-15-23(34)24(16-20)39-5-2)25(28(36)31(33)37)27(35)29-18(3)32-30(40-29)19-10-7-6-8-11-19/h6-17,26,34,36H,4-5H2,1-3H3. The Balaban J connectivity index is 1.65. The fourth-order valence-electron chi connectivity index (χ4n) is 4.71. The minimum absolute atomic E-state index is 0.0771. The number of phenols is 1. The number of hydrogen-bond acceptors (Lipinski definition) is 8. The third-order valence-corrected chi connectivity index (χ3v) is 7.69. The van der Waals surface area contributed by atoms with Gasteiger partial charge in [0, 0.05) is 17.3 Å². The summed E-state index contributed by atoms with van der Waals surface area (Å²) in [7, 11) is 0. The Morgan fingerprint density at radius 2 is 1.73 bits per heavy atom. The lowest BCUT2D eigenvalue weighted by Crippen LogP contribution is -2.31. The number of phenolic OH excluding ortho intramolecular Hbond substituents is 1. The molecule has 204 valence electrons. The topological polar surface area (TPSA) is 109 Å². The second-order valence-electron chi connectivity index (χ2n) is 9.06. The van der Waals surface area contributed by atoms with E-state index >= 15 is 0 Å². The van der Waals surface area contributed by atoms with Crippen LogP contribution in [0.5, 0.6) is 17.2 Å². The molecule has 1 unspecified atom stereocenters. The van der Waals surface area contributed by atoms with Gasteiger partial charge in [-0.3, -0.25) is 14.5 Å². The van der Waals surface area contributed by atoms with Gasteiger partial charge in [0.15, 0.2) is 17.3 Å². The molecule has 0 aliphatic carbocycles. The zero-order chi connectivity index (χ0) is 28.4. The lowest BCUT2D eigenvalue weighted by molar-refractivity contribution is -0.117. The van der Waals surface area contributed by atoms with Crippen LogP contribution >= 0.6 is 11.3 Å². The number of hydrogen-bond donors (Lipinski definition) is 2. The zero-order valence-electron chi connectivity index (χ0n) is 22.2. The van der Waals surface area contributed by atoms with Gasteiger partial charge in [0.2, 0.25) is 5.78 Å². The number of aromatic nitrogens is 1. The molecular formula is C31H28N2O6S. The number of ether oxygens (including phenoxy) is 2. The Hall–Kier alpha value is -4.63. The molecule has 40 heavy (non-hydrogen) atoms. The average Bonchev–Trinajstić information content (AvgIpc) is 3.47. The van der Waals surface area contributed by atoms with Crippen molar-refractivity contribution in [3.63, 3.8) is 0 Å². The minimum atomic E-state index is -1.00. The number of carbonyl (C=O) groups is 2. The molecule has 0 spiro atoms. The van der Waals surface area contributed by atoms with Crippen LogP contribution in [0.3, 0.4) is 0 Å². The van der Waals surface area contributed by atoms with Crippen molar-refractivity contribution in [3.05, 3.63) is 100 Å². The van der Waals surface area contributed by atoms with Crippen LogP contribution in [-0.4, -0.2) is 40.1 Å². The molecule has 0 bridgehead atoms. The monoisotopic (exact) mass is 556 g/mol. The SMILES string of the molecule is CCOc1cccc(N2C(=O)C(O)=C(C(=O)c3sc(-c4ccccc4)nc3C)C2c2ccc(O)c(OCC)c2)c1. The van der Waals surface area contributed by atoms with Crippen molar-refractivity contribution in [3.8, 4) is 27.8 Å². The second kappa shape index (κ2) is 11.2. The molecule has 1 amide bonds. The van der Waals surface area contributed by atoms with Crippen LogP contribution in [0, 0.1) is 6.92 Å². The number of ketones is 1. The molecular weight excluding hydrogens is 528 g/mol. The number of thiazole rings is 1. The summed E-state index contributed by atoms with van der Waals surface area (Å²) in [6.45, 7) is 6.10. The van der Waals surface area contributed by atoms with Crippen LogP contribution in [0.4, 0.5) is 5.69 Å². The number of nitrogens with zero attached hydrogens (tertiary/aromatic N) is 2. The van der Waals surface area contributed by atoms with Gasteiger partial charge < -0.3 is 19.7 Å². The quantitative estimate of drug-likeness (QED) is 0.230. The maximum Gasteiger partial charge on any atom is 0.294 e. The van der Waals surface area contributed by atoms with Gasteiger partial charge in [0.1, 0.15) is 10.8 Å². The van der Waals surface area contributed by atoms with Gasteiger partial charge >= 0.3 is 0 Å². The summed E-state index contributed by atoms with van der Waals surface area (Å²) >= 11 is 1.21. The van der Waals surface area contributed by atoms with Crippen molar-refractivity contribution in [2.24, 2.45) is 0 Å². The molecule has 1 aromatic heterocycles. The normalized spacial score (nSPS) is 15.0. The van der Waals surface area contributed by atoms with Crippen molar-refractivity contribution < 1.29 is 29.3 Å². The molecule has 1 aliphatic rings. The number of carbonyl (C=O) groups excluding carboxylic acids is 2. The summed E-state index contributed by atoms with van der Waals surface area (Å²) in [6.07, 6.45) is 0. The Morgan fingerprint density at radius 1 is 0.975 bits per heavy atom. The third-order valence-electron chi connectivity index (χ3n) is 6.48. The van der Waals surface area contributed by atoms with Gasteiger partial charge in [-0.05, 0) is 50.6 Å². The first kappa shape index (κ1) is 27.0. The van der Waals surface area contributed by atoms with Crippen LogP contribution in [-0.2, 0) is 4.79 Å². The lowest BCUT2D eigenvalue weighted by atomic mass is 9.94. The fraction of sp³-hybridized carbons (Fsp3) is 0.194. The number of anilines is 1. The number of amides is 1. The van der Waals surface area contributed by atoms with Gasteiger partial charge in [-0.1, -0.05) is 42.5 Å². The Kier molecular flexibility index (Phi) is 7.57. The molecule has 0 radical (unpaired) electrons. The van der Waals surface area contributed by atoms with Crippen LogP contribution in [0.2, 0.25) is 0 Å². The van der Waals surface area contributed by atoms with Crippen LogP contribution < -0.4 is 14.4 Å². The van der Waals surface area contributed by atoms with E-state index in [2.05, 4.69) is 4.98 Å². The van der Waals surface area contributed by atoms with E-state index in [0.29, 0.717) is 45.8 Å². The van der Waals surface area contributed by atoms with Gasteiger partial charge in [-0.2, -0.15) is 0 Å². The number of Topliss-reactive ketones (excluding diaryl/α,β-unsaturated/α-hetero) is 1. The first-order chi connectivity index (χ1) is 19.3. The molecule has 0 saturated heterocycles. The first-order valence-corrected chi connectivity index (χ1v) is 13.7. The first-order valence-electron chi connectivity index (χ1n) is 12.9. The van der Waals surface area contributed by atoms with Gasteiger partial charge in [-0.25, -0.2) is 4.98 Å². The van der Waals surface area contributed by atoms with E-state index in [-0.39, 0.29) is 17.1 Å². The summed E-state index contributed by atoms with van der Waals surface area (Å²) < 4.78 is 11.2. The Bertz CT molecular complexity index is 1610. The molecule has 2 N–H and O–H groups in total. The maximum absolute atomic E-state index is 14.1. The van der Waals surface area contributed by atoms with E-state index in [0.717, 1.165) is 5.56 Å². The molecule has 1 aliphatic heterocycles. The largest absolute Gasteiger partial charge is 0.504 e. The summed E-state index contributed by atoms with van der Waals surface area (Å²) in [6, 6.07) is 20.0. The molecule has 8 nitrogen and oxygen atoms in total. The third kappa shape index (κ3) is 4.91. The molecule has 3 aromatic carbocycles. The number of rotatable bonds is 9. The predicted octanol–water partition coefficient (Wildman–Crippen LogP) is 6.40. The van der Waals surface area contributed by atoms with Crippen molar-refractivity contribution in [2.45, 2.75) is 26.8 Å². The number of aliphatic hydroxyl groups excluding tert-OH is 1. The molecule has 0 fully saturated rings. The summed E-state index contributed by atoms with van der Waals surface area (Å²) in [5.74, 6) is -1.20. The van der Waals surface area contributed by atoms with Gasteiger partial charge in [0.05, 0.1) is 35.4 Å². The zero-order valence-corrected chi connectivity index (χ0v) is 23.1. The molecule has 4 aromatic rings. The predicted molar refractivity (Wildman–Crippen MR) is 153 cm³/mol. The van der Waals surface area contributed by atoms with E-state index < -0.39 is 23.5 Å². The van der Waals surface area contributed by atoms with Crippen LogP contribution in [0.1, 0.15) is 40.8 Å². The van der Waals surface area contributed by atoms with E-state index in [4.69, 9.17) is 9.47 Å². The van der Waals surface area contributed by atoms with Crippen LogP contribution in [0.15, 0.2) is 84.1 Å².